The molecule has 0 bridgehead atoms. The van der Waals surface area contributed by atoms with Gasteiger partial charge >= 0.3 is 15.2 Å². The monoisotopic (exact) mass is 416 g/mol. The predicted octanol–water partition coefficient (Wildman–Crippen LogP) is 4.29. The van der Waals surface area contributed by atoms with Gasteiger partial charge in [-0.25, -0.2) is 0 Å². The van der Waals surface area contributed by atoms with Crippen LogP contribution in [0.2, 0.25) is 0 Å². The van der Waals surface area contributed by atoms with Gasteiger partial charge in [0.05, 0.1) is 52.0 Å². The van der Waals surface area contributed by atoms with Crippen LogP contribution in [-0.4, -0.2) is 57.8 Å². The summed E-state index contributed by atoms with van der Waals surface area (Å²) >= 11 is 0. The summed E-state index contributed by atoms with van der Waals surface area (Å²) in [5.41, 5.74) is -0.866. The van der Waals surface area contributed by atoms with E-state index in [9.17, 15) is 9.13 Å². The summed E-state index contributed by atoms with van der Waals surface area (Å²) < 4.78 is 59.6. The molecule has 0 amide bonds. The van der Waals surface area contributed by atoms with Crippen LogP contribution in [-0.2, 0) is 36.7 Å². The molecule has 8 nitrogen and oxygen atoms in total. The molecule has 0 N–H and O–H groups in total. The van der Waals surface area contributed by atoms with Crippen LogP contribution in [0.1, 0.15) is 41.5 Å². The minimum absolute atomic E-state index is 0.0158. The average Bonchev–Trinajstić information content (AvgIpc) is 2.51. The zero-order valence-corrected chi connectivity index (χ0v) is 18.6. The lowest BCUT2D eigenvalue weighted by molar-refractivity contribution is -0.278. The molecule has 156 valence electrons. The summed E-state index contributed by atoms with van der Waals surface area (Å²) in [6.07, 6.45) is 0.0315. The molecule has 1 rings (SSSR count). The average molecular weight is 416 g/mol. The molecule has 0 saturated carbocycles. The topological polar surface area (TPSA) is 89.5 Å². The van der Waals surface area contributed by atoms with Crippen LogP contribution in [0.3, 0.4) is 0 Å². The molecule has 1 aliphatic heterocycles. The molecule has 1 heterocycles. The Balaban J connectivity index is 3.14. The molecule has 0 unspecified atom stereocenters. The Bertz CT molecular complexity index is 458. The fraction of sp³-hybridized carbons (Fsp3) is 1.00. The maximum absolute atomic E-state index is 13.1. The first-order chi connectivity index (χ1) is 12.1. The van der Waals surface area contributed by atoms with E-state index in [-0.39, 0.29) is 52.0 Å². The molecule has 1 fully saturated rings. The fourth-order valence-electron chi connectivity index (χ4n) is 2.84. The zero-order chi connectivity index (χ0) is 19.9. The molecule has 10 heteroatoms. The van der Waals surface area contributed by atoms with Crippen LogP contribution in [0.25, 0.3) is 0 Å². The lowest BCUT2D eigenvalue weighted by Crippen LogP contribution is -2.50. The van der Waals surface area contributed by atoms with E-state index in [1.54, 1.807) is 41.5 Å². The SMILES string of the molecule is CCOP(=O)(CC1(CP(=O)(OCC)OCC)COC(C)(C)OC1)OCC. The van der Waals surface area contributed by atoms with E-state index < -0.39 is 26.4 Å². The van der Waals surface area contributed by atoms with Crippen LogP contribution in [0.15, 0.2) is 0 Å². The van der Waals surface area contributed by atoms with E-state index in [1.807, 2.05) is 0 Å². The molecule has 26 heavy (non-hydrogen) atoms. The Morgan fingerprint density at radius 3 is 1.31 bits per heavy atom. The van der Waals surface area contributed by atoms with Crippen molar-refractivity contribution in [1.29, 1.82) is 0 Å². The van der Waals surface area contributed by atoms with Crippen molar-refractivity contribution >= 4 is 15.2 Å². The highest BCUT2D eigenvalue weighted by Crippen LogP contribution is 2.59. The van der Waals surface area contributed by atoms with Gasteiger partial charge in [0.2, 0.25) is 0 Å². The van der Waals surface area contributed by atoms with Gasteiger partial charge in [-0.1, -0.05) is 0 Å². The summed E-state index contributed by atoms with van der Waals surface area (Å²) in [6, 6.07) is 0. The zero-order valence-electron chi connectivity index (χ0n) is 16.8. The molecule has 0 atom stereocenters. The van der Waals surface area contributed by atoms with Crippen molar-refractivity contribution in [2.45, 2.75) is 47.3 Å². The molecule has 1 saturated heterocycles. The molecular weight excluding hydrogens is 382 g/mol. The first-order valence-electron chi connectivity index (χ1n) is 9.11. The van der Waals surface area contributed by atoms with Crippen molar-refractivity contribution in [3.8, 4) is 0 Å². The summed E-state index contributed by atoms with van der Waals surface area (Å²) in [6.45, 7) is 12.0. The molecule has 0 aromatic rings. The molecule has 1 aliphatic rings. The number of hydrogen-bond acceptors (Lipinski definition) is 8. The highest BCUT2D eigenvalue weighted by atomic mass is 31.2. The van der Waals surface area contributed by atoms with Crippen LogP contribution >= 0.6 is 15.2 Å². The lowest BCUT2D eigenvalue weighted by Gasteiger charge is -2.44. The first-order valence-corrected chi connectivity index (χ1v) is 12.6. The summed E-state index contributed by atoms with van der Waals surface area (Å²) in [5, 5.41) is 0. The second-order valence-electron chi connectivity index (χ2n) is 6.69. The fourth-order valence-corrected chi connectivity index (χ4v) is 7.33. The molecule has 0 aromatic carbocycles. The van der Waals surface area contributed by atoms with Gasteiger partial charge in [0.25, 0.3) is 0 Å². The highest BCUT2D eigenvalue weighted by molar-refractivity contribution is 7.55. The standard InChI is InChI=1S/C16H34O8P2/c1-7-21-25(17,22-8-2)13-16(11-19-15(5,6)20-12-16)14-26(18,23-9-3)24-10-4/h7-14H2,1-6H3. The Morgan fingerprint density at radius 1 is 0.731 bits per heavy atom. The normalized spacial score (nSPS) is 20.2. The van der Waals surface area contributed by atoms with Gasteiger partial charge in [0, 0.05) is 5.41 Å². The van der Waals surface area contributed by atoms with Crippen molar-refractivity contribution in [1.82, 2.24) is 0 Å². The Morgan fingerprint density at radius 2 is 1.04 bits per heavy atom. The number of hydrogen-bond donors (Lipinski definition) is 0. The Kier molecular flexibility index (Phi) is 9.45. The van der Waals surface area contributed by atoms with Gasteiger partial charge in [-0.05, 0) is 41.5 Å². The summed E-state index contributed by atoms with van der Waals surface area (Å²) in [7, 11) is -6.82. The summed E-state index contributed by atoms with van der Waals surface area (Å²) in [5.74, 6) is -0.772. The molecular formula is C16H34O8P2. The third kappa shape index (κ3) is 7.33. The quantitative estimate of drug-likeness (QED) is 0.435. The Labute approximate surface area is 157 Å². The van der Waals surface area contributed by atoms with E-state index in [4.69, 9.17) is 27.6 Å². The Hall–Kier alpha value is 0.220. The van der Waals surface area contributed by atoms with Crippen molar-refractivity contribution < 1.29 is 36.7 Å². The number of rotatable bonds is 12. The molecule has 0 radical (unpaired) electrons. The second kappa shape index (κ2) is 10.1. The summed E-state index contributed by atoms with van der Waals surface area (Å²) in [4.78, 5) is 0. The van der Waals surface area contributed by atoms with E-state index in [2.05, 4.69) is 0 Å². The van der Waals surface area contributed by atoms with Crippen LogP contribution < -0.4 is 0 Å². The van der Waals surface area contributed by atoms with Crippen molar-refractivity contribution in [2.75, 3.05) is 52.0 Å². The highest BCUT2D eigenvalue weighted by Gasteiger charge is 2.50. The first kappa shape index (κ1) is 24.3. The smallest absolute Gasteiger partial charge is 0.331 e. The van der Waals surface area contributed by atoms with Gasteiger partial charge in [-0.3, -0.25) is 9.13 Å². The van der Waals surface area contributed by atoms with E-state index in [1.165, 1.54) is 0 Å². The van der Waals surface area contributed by atoms with Gasteiger partial charge in [-0.2, -0.15) is 0 Å². The molecule has 0 aromatic heterocycles. The molecule has 0 aliphatic carbocycles. The van der Waals surface area contributed by atoms with Crippen LogP contribution in [0, 0.1) is 5.41 Å². The third-order valence-electron chi connectivity index (χ3n) is 3.81. The van der Waals surface area contributed by atoms with Crippen molar-refractivity contribution in [2.24, 2.45) is 5.41 Å². The van der Waals surface area contributed by atoms with E-state index in [0.29, 0.717) is 0 Å². The minimum atomic E-state index is -3.41. The van der Waals surface area contributed by atoms with Gasteiger partial charge < -0.3 is 27.6 Å². The van der Waals surface area contributed by atoms with Gasteiger partial charge in [0.15, 0.2) is 5.79 Å². The van der Waals surface area contributed by atoms with Gasteiger partial charge in [-0.15, -0.1) is 0 Å². The van der Waals surface area contributed by atoms with Gasteiger partial charge in [0.1, 0.15) is 0 Å². The van der Waals surface area contributed by atoms with E-state index in [0.717, 1.165) is 0 Å². The molecule has 0 spiro atoms. The lowest BCUT2D eigenvalue weighted by atomic mass is 9.94. The predicted molar refractivity (Wildman–Crippen MR) is 99.9 cm³/mol. The van der Waals surface area contributed by atoms with E-state index >= 15 is 0 Å². The maximum Gasteiger partial charge on any atom is 0.331 e. The maximum atomic E-state index is 13.1. The second-order valence-corrected chi connectivity index (χ2v) is 10.8. The minimum Gasteiger partial charge on any atom is -0.350 e. The van der Waals surface area contributed by atoms with Crippen LogP contribution in [0.5, 0.6) is 0 Å². The van der Waals surface area contributed by atoms with Crippen LogP contribution in [0.4, 0.5) is 0 Å². The largest absolute Gasteiger partial charge is 0.350 e. The van der Waals surface area contributed by atoms with Crippen molar-refractivity contribution in [3.63, 3.8) is 0 Å². The van der Waals surface area contributed by atoms with Crippen molar-refractivity contribution in [3.05, 3.63) is 0 Å². The number of ether oxygens (including phenoxy) is 2. The third-order valence-corrected chi connectivity index (χ3v) is 8.54.